The molecule has 0 aromatic carbocycles. The van der Waals surface area contributed by atoms with Gasteiger partial charge in [0.05, 0.1) is 6.54 Å². The number of carboxylic acids is 1. The summed E-state index contributed by atoms with van der Waals surface area (Å²) in [6.07, 6.45) is 0. The van der Waals surface area contributed by atoms with Crippen molar-refractivity contribution < 1.29 is 24.6 Å². The number of thiazole rings is 1. The molecule has 0 aliphatic carbocycles. The summed E-state index contributed by atoms with van der Waals surface area (Å²) in [6.45, 7) is 1.93. The van der Waals surface area contributed by atoms with E-state index in [1.807, 2.05) is 0 Å². The Labute approximate surface area is 112 Å². The molecule has 4 N–H and O–H groups in total. The molecule has 8 nitrogen and oxygen atoms in total. The van der Waals surface area contributed by atoms with Crippen LogP contribution in [0, 0.1) is 0 Å². The third kappa shape index (κ3) is 4.30. The minimum atomic E-state index is -2.05. The summed E-state index contributed by atoms with van der Waals surface area (Å²) >= 11 is 1.06. The summed E-state index contributed by atoms with van der Waals surface area (Å²) < 4.78 is 0. The predicted molar refractivity (Wildman–Crippen MR) is 67.0 cm³/mol. The molecule has 0 aliphatic rings. The maximum Gasteiger partial charge on any atom is 0.337 e. The average Bonchev–Trinajstić information content (AvgIpc) is 2.73. The lowest BCUT2D eigenvalue weighted by Crippen LogP contribution is -2.46. The monoisotopic (exact) mass is 287 g/mol. The molecule has 1 aromatic rings. The second kappa shape index (κ2) is 5.76. The van der Waals surface area contributed by atoms with Gasteiger partial charge >= 0.3 is 5.97 Å². The standard InChI is InChI=1S/C10H13N3O5S/c1-5(14)12-9-13-6(3-19-9)7(15)11-4-10(2,18)8(16)17/h3,18H,4H2,1-2H3,(H,11,15)(H,16,17)(H,12,13,14). The first kappa shape index (κ1) is 15.1. The molecule has 1 heterocycles. The topological polar surface area (TPSA) is 129 Å². The molecule has 0 fully saturated rings. The van der Waals surface area contributed by atoms with Crippen LogP contribution in [0.5, 0.6) is 0 Å². The number of rotatable bonds is 5. The number of aliphatic carboxylic acids is 1. The number of aliphatic hydroxyl groups is 1. The zero-order chi connectivity index (χ0) is 14.6. The van der Waals surface area contributed by atoms with Gasteiger partial charge in [0, 0.05) is 12.3 Å². The van der Waals surface area contributed by atoms with E-state index in [9.17, 15) is 19.5 Å². The van der Waals surface area contributed by atoms with E-state index in [1.165, 1.54) is 12.3 Å². The van der Waals surface area contributed by atoms with Gasteiger partial charge in [-0.15, -0.1) is 11.3 Å². The molecule has 0 saturated carbocycles. The fourth-order valence-corrected chi connectivity index (χ4v) is 1.74. The molecule has 0 spiro atoms. The van der Waals surface area contributed by atoms with Gasteiger partial charge in [0.2, 0.25) is 5.91 Å². The number of carbonyl (C=O) groups excluding carboxylic acids is 2. The van der Waals surface area contributed by atoms with Crippen molar-refractivity contribution >= 4 is 34.3 Å². The first-order valence-corrected chi connectivity index (χ1v) is 6.07. The molecular weight excluding hydrogens is 274 g/mol. The number of carboxylic acid groups (broad SMARTS) is 1. The quantitative estimate of drug-likeness (QED) is 0.587. The van der Waals surface area contributed by atoms with Crippen molar-refractivity contribution in [2.45, 2.75) is 19.4 Å². The van der Waals surface area contributed by atoms with Crippen LogP contribution in [0.1, 0.15) is 24.3 Å². The third-order valence-electron chi connectivity index (χ3n) is 2.07. The number of hydrogen-bond donors (Lipinski definition) is 4. The van der Waals surface area contributed by atoms with Crippen LogP contribution >= 0.6 is 11.3 Å². The molecule has 1 atom stereocenters. The summed E-state index contributed by atoms with van der Waals surface area (Å²) in [7, 11) is 0. The van der Waals surface area contributed by atoms with Crippen molar-refractivity contribution in [1.82, 2.24) is 10.3 Å². The van der Waals surface area contributed by atoms with E-state index >= 15 is 0 Å². The van der Waals surface area contributed by atoms with Gasteiger partial charge in [0.15, 0.2) is 10.7 Å². The van der Waals surface area contributed by atoms with Crippen LogP contribution in [-0.2, 0) is 9.59 Å². The van der Waals surface area contributed by atoms with Crippen LogP contribution in [0.4, 0.5) is 5.13 Å². The zero-order valence-corrected chi connectivity index (χ0v) is 11.1. The summed E-state index contributed by atoms with van der Waals surface area (Å²) in [6, 6.07) is 0. The van der Waals surface area contributed by atoms with E-state index in [1.54, 1.807) is 0 Å². The van der Waals surface area contributed by atoms with E-state index in [-0.39, 0.29) is 16.7 Å². The van der Waals surface area contributed by atoms with Crippen LogP contribution in [0.2, 0.25) is 0 Å². The number of amides is 2. The minimum absolute atomic E-state index is 0.0370. The average molecular weight is 287 g/mol. The summed E-state index contributed by atoms with van der Waals surface area (Å²) in [5, 5.41) is 24.4. The van der Waals surface area contributed by atoms with Gasteiger partial charge in [0.25, 0.3) is 5.91 Å². The van der Waals surface area contributed by atoms with Gasteiger partial charge < -0.3 is 20.8 Å². The molecule has 0 radical (unpaired) electrons. The van der Waals surface area contributed by atoms with Crippen molar-refractivity contribution in [2.75, 3.05) is 11.9 Å². The maximum atomic E-state index is 11.6. The van der Waals surface area contributed by atoms with Gasteiger partial charge in [-0.05, 0) is 6.92 Å². The number of carbonyl (C=O) groups is 3. The Bertz CT molecular complexity index is 511. The Hall–Kier alpha value is -2.00. The lowest BCUT2D eigenvalue weighted by Gasteiger charge is -2.17. The van der Waals surface area contributed by atoms with Crippen molar-refractivity contribution in [2.24, 2.45) is 0 Å². The molecule has 2 amide bonds. The molecule has 0 bridgehead atoms. The minimum Gasteiger partial charge on any atom is -0.479 e. The largest absolute Gasteiger partial charge is 0.479 e. The van der Waals surface area contributed by atoms with Crippen molar-refractivity contribution in [1.29, 1.82) is 0 Å². The molecule has 104 valence electrons. The molecule has 0 aliphatic heterocycles. The fourth-order valence-electron chi connectivity index (χ4n) is 1.00. The van der Waals surface area contributed by atoms with E-state index < -0.39 is 24.0 Å². The van der Waals surface area contributed by atoms with Crippen LogP contribution in [-0.4, -0.2) is 45.1 Å². The molecular formula is C10H13N3O5S. The molecule has 1 rings (SSSR count). The Morgan fingerprint density at radius 1 is 1.47 bits per heavy atom. The number of anilines is 1. The lowest BCUT2D eigenvalue weighted by molar-refractivity contribution is -0.155. The predicted octanol–water partition coefficient (Wildman–Crippen LogP) is -0.333. The van der Waals surface area contributed by atoms with Gasteiger partial charge in [-0.25, -0.2) is 9.78 Å². The number of nitrogens with one attached hydrogen (secondary N) is 2. The lowest BCUT2D eigenvalue weighted by atomic mass is 10.1. The molecule has 1 aromatic heterocycles. The number of nitrogens with zero attached hydrogens (tertiary/aromatic N) is 1. The zero-order valence-electron chi connectivity index (χ0n) is 10.3. The molecule has 1 unspecified atom stereocenters. The van der Waals surface area contributed by atoms with Crippen molar-refractivity contribution in [3.8, 4) is 0 Å². The highest BCUT2D eigenvalue weighted by Crippen LogP contribution is 2.15. The third-order valence-corrected chi connectivity index (χ3v) is 2.83. The summed E-state index contributed by atoms with van der Waals surface area (Å²) in [4.78, 5) is 36.9. The molecule has 0 saturated heterocycles. The second-order valence-corrected chi connectivity index (χ2v) is 4.84. The van der Waals surface area contributed by atoms with E-state index in [0.717, 1.165) is 18.3 Å². The van der Waals surface area contributed by atoms with Gasteiger partial charge in [-0.2, -0.15) is 0 Å². The normalized spacial score (nSPS) is 13.4. The summed E-state index contributed by atoms with van der Waals surface area (Å²) in [5.74, 6) is -2.38. The van der Waals surface area contributed by atoms with E-state index in [0.29, 0.717) is 0 Å². The Balaban J connectivity index is 2.61. The van der Waals surface area contributed by atoms with Crippen LogP contribution in [0.3, 0.4) is 0 Å². The van der Waals surface area contributed by atoms with Crippen LogP contribution < -0.4 is 10.6 Å². The van der Waals surface area contributed by atoms with Gasteiger partial charge in [0.1, 0.15) is 5.69 Å². The summed E-state index contributed by atoms with van der Waals surface area (Å²) in [5.41, 5.74) is -2.01. The molecule has 19 heavy (non-hydrogen) atoms. The van der Waals surface area contributed by atoms with Gasteiger partial charge in [-0.3, -0.25) is 9.59 Å². The maximum absolute atomic E-state index is 11.6. The first-order chi connectivity index (χ1) is 8.72. The van der Waals surface area contributed by atoms with Crippen molar-refractivity contribution in [3.63, 3.8) is 0 Å². The number of hydrogen-bond acceptors (Lipinski definition) is 6. The highest BCUT2D eigenvalue weighted by atomic mass is 32.1. The SMILES string of the molecule is CC(=O)Nc1nc(C(=O)NCC(C)(O)C(=O)O)cs1. The Kier molecular flexibility index (Phi) is 4.57. The Morgan fingerprint density at radius 3 is 2.63 bits per heavy atom. The van der Waals surface area contributed by atoms with Crippen molar-refractivity contribution in [3.05, 3.63) is 11.1 Å². The highest BCUT2D eigenvalue weighted by molar-refractivity contribution is 7.14. The Morgan fingerprint density at radius 2 is 2.11 bits per heavy atom. The van der Waals surface area contributed by atoms with E-state index in [2.05, 4.69) is 15.6 Å². The highest BCUT2D eigenvalue weighted by Gasteiger charge is 2.30. The first-order valence-electron chi connectivity index (χ1n) is 5.19. The van der Waals surface area contributed by atoms with Crippen LogP contribution in [0.25, 0.3) is 0 Å². The van der Waals surface area contributed by atoms with E-state index in [4.69, 9.17) is 5.11 Å². The number of aromatic nitrogens is 1. The second-order valence-electron chi connectivity index (χ2n) is 3.98. The van der Waals surface area contributed by atoms with Gasteiger partial charge in [-0.1, -0.05) is 0 Å². The fraction of sp³-hybridized carbons (Fsp3) is 0.400. The molecule has 9 heteroatoms. The smallest absolute Gasteiger partial charge is 0.337 e. The van der Waals surface area contributed by atoms with Crippen LogP contribution in [0.15, 0.2) is 5.38 Å².